The molecule has 0 radical (unpaired) electrons. The first-order valence-corrected chi connectivity index (χ1v) is 4.44. The number of benzene rings is 1. The van der Waals surface area contributed by atoms with Crippen molar-refractivity contribution in [1.29, 1.82) is 0 Å². The van der Waals surface area contributed by atoms with Crippen LogP contribution in [0.2, 0.25) is 0 Å². The number of rotatable bonds is 1. The second-order valence-electron chi connectivity index (χ2n) is 2.97. The van der Waals surface area contributed by atoms with Gasteiger partial charge >= 0.3 is 0 Å². The fourth-order valence-electron chi connectivity index (χ4n) is 1.37. The Morgan fingerprint density at radius 3 is 3.00 bits per heavy atom. The minimum absolute atomic E-state index is 0.0849. The van der Waals surface area contributed by atoms with E-state index < -0.39 is 0 Å². The number of thiol groups is 1. The molecule has 68 valence electrons. The Kier molecular flexibility index (Phi) is 2.01. The van der Waals surface area contributed by atoms with Gasteiger partial charge in [0, 0.05) is 0 Å². The number of aryl methyl sites for hydroxylation is 1. The molecule has 0 unspecified atom stereocenters. The summed E-state index contributed by atoms with van der Waals surface area (Å²) >= 11 is 4.16. The van der Waals surface area contributed by atoms with E-state index in [9.17, 15) is 0 Å². The first kappa shape index (κ1) is 8.59. The molecule has 0 aliphatic rings. The van der Waals surface area contributed by atoms with Gasteiger partial charge in [0.25, 0.3) is 0 Å². The zero-order valence-corrected chi connectivity index (χ0v) is 8.12. The number of aliphatic hydroxyl groups excluding tert-OH is 1. The van der Waals surface area contributed by atoms with Crippen molar-refractivity contribution in [2.45, 2.75) is 18.8 Å². The van der Waals surface area contributed by atoms with Gasteiger partial charge in [0.15, 0.2) is 5.16 Å². The third-order valence-electron chi connectivity index (χ3n) is 2.03. The first-order valence-electron chi connectivity index (χ1n) is 3.99. The van der Waals surface area contributed by atoms with Gasteiger partial charge in [-0.25, -0.2) is 4.98 Å². The first-order chi connectivity index (χ1) is 6.22. The van der Waals surface area contributed by atoms with Crippen LogP contribution in [0.3, 0.4) is 0 Å². The standard InChI is InChI=1S/C9H10N2OS/c1-6-2-3-8-7(4-6)10-9(13)11(8)5-12/h2-4,12H,5H2,1H3,(H,10,13). The van der Waals surface area contributed by atoms with Crippen molar-refractivity contribution in [1.82, 2.24) is 9.55 Å². The van der Waals surface area contributed by atoms with Crippen LogP contribution in [0.25, 0.3) is 11.0 Å². The molecule has 0 atom stereocenters. The highest BCUT2D eigenvalue weighted by Gasteiger charge is 2.05. The summed E-state index contributed by atoms with van der Waals surface area (Å²) in [6, 6.07) is 5.90. The van der Waals surface area contributed by atoms with Crippen molar-refractivity contribution in [2.75, 3.05) is 0 Å². The molecule has 2 rings (SSSR count). The monoisotopic (exact) mass is 194 g/mol. The molecule has 0 saturated carbocycles. The van der Waals surface area contributed by atoms with Crippen molar-refractivity contribution in [3.63, 3.8) is 0 Å². The number of fused-ring (bicyclic) bond motifs is 1. The highest BCUT2D eigenvalue weighted by Crippen LogP contribution is 2.19. The Morgan fingerprint density at radius 2 is 2.31 bits per heavy atom. The summed E-state index contributed by atoms with van der Waals surface area (Å²) < 4.78 is 1.65. The molecule has 0 fully saturated rings. The van der Waals surface area contributed by atoms with Gasteiger partial charge in [-0.05, 0) is 24.6 Å². The Morgan fingerprint density at radius 1 is 1.54 bits per heavy atom. The molecule has 0 amide bonds. The molecule has 1 N–H and O–H groups in total. The van der Waals surface area contributed by atoms with Crippen LogP contribution in [0.1, 0.15) is 5.56 Å². The van der Waals surface area contributed by atoms with E-state index in [1.54, 1.807) is 4.57 Å². The molecule has 2 aromatic rings. The van der Waals surface area contributed by atoms with Crippen molar-refractivity contribution in [2.24, 2.45) is 0 Å². The van der Waals surface area contributed by atoms with E-state index in [2.05, 4.69) is 17.6 Å². The van der Waals surface area contributed by atoms with E-state index in [0.29, 0.717) is 5.16 Å². The average molecular weight is 194 g/mol. The summed E-state index contributed by atoms with van der Waals surface area (Å²) in [5.74, 6) is 0. The highest BCUT2D eigenvalue weighted by atomic mass is 32.1. The van der Waals surface area contributed by atoms with E-state index in [1.165, 1.54) is 0 Å². The zero-order valence-electron chi connectivity index (χ0n) is 7.23. The van der Waals surface area contributed by atoms with E-state index in [0.717, 1.165) is 16.6 Å². The third kappa shape index (κ3) is 1.32. The fourth-order valence-corrected chi connectivity index (χ4v) is 1.65. The van der Waals surface area contributed by atoms with Gasteiger partial charge in [0.2, 0.25) is 0 Å². The molecule has 1 aromatic heterocycles. The maximum atomic E-state index is 9.05. The Balaban J connectivity index is 2.79. The molecule has 3 nitrogen and oxygen atoms in total. The lowest BCUT2D eigenvalue weighted by atomic mass is 10.2. The molecule has 1 heterocycles. The van der Waals surface area contributed by atoms with E-state index in [1.807, 2.05) is 25.1 Å². The Bertz CT molecular complexity index is 450. The number of nitrogens with zero attached hydrogens (tertiary/aromatic N) is 2. The van der Waals surface area contributed by atoms with Gasteiger partial charge < -0.3 is 5.11 Å². The quantitative estimate of drug-likeness (QED) is 0.676. The minimum atomic E-state index is -0.0849. The second kappa shape index (κ2) is 3.05. The van der Waals surface area contributed by atoms with Crippen LogP contribution in [0.5, 0.6) is 0 Å². The lowest BCUT2D eigenvalue weighted by Gasteiger charge is -1.99. The highest BCUT2D eigenvalue weighted by molar-refractivity contribution is 7.80. The van der Waals surface area contributed by atoms with E-state index >= 15 is 0 Å². The van der Waals surface area contributed by atoms with Gasteiger partial charge in [-0.3, -0.25) is 4.57 Å². The van der Waals surface area contributed by atoms with Crippen LogP contribution in [-0.2, 0) is 6.73 Å². The summed E-state index contributed by atoms with van der Waals surface area (Å²) in [7, 11) is 0. The van der Waals surface area contributed by atoms with Crippen LogP contribution >= 0.6 is 12.6 Å². The molecule has 0 saturated heterocycles. The molecular weight excluding hydrogens is 184 g/mol. The minimum Gasteiger partial charge on any atom is -0.376 e. The predicted octanol–water partition coefficient (Wildman–Crippen LogP) is 1.58. The largest absolute Gasteiger partial charge is 0.376 e. The summed E-state index contributed by atoms with van der Waals surface area (Å²) in [6.45, 7) is 1.92. The summed E-state index contributed by atoms with van der Waals surface area (Å²) in [4.78, 5) is 4.21. The predicted molar refractivity (Wildman–Crippen MR) is 53.9 cm³/mol. The number of aliphatic hydroxyl groups is 1. The number of hydrogen-bond acceptors (Lipinski definition) is 3. The molecule has 0 bridgehead atoms. The SMILES string of the molecule is Cc1ccc2c(c1)nc(S)n2CO. The summed E-state index contributed by atoms with van der Waals surface area (Å²) in [5.41, 5.74) is 2.94. The van der Waals surface area contributed by atoms with Gasteiger partial charge in [-0.1, -0.05) is 6.07 Å². The maximum absolute atomic E-state index is 9.05. The second-order valence-corrected chi connectivity index (χ2v) is 3.37. The van der Waals surface area contributed by atoms with Gasteiger partial charge in [0.1, 0.15) is 6.73 Å². The zero-order chi connectivity index (χ0) is 9.42. The van der Waals surface area contributed by atoms with Crippen molar-refractivity contribution in [3.8, 4) is 0 Å². The topological polar surface area (TPSA) is 38.0 Å². The lowest BCUT2D eigenvalue weighted by Crippen LogP contribution is -1.96. The fraction of sp³-hybridized carbons (Fsp3) is 0.222. The summed E-state index contributed by atoms with van der Waals surface area (Å²) in [6.07, 6.45) is 0. The molecule has 13 heavy (non-hydrogen) atoms. The number of aromatic nitrogens is 2. The summed E-state index contributed by atoms with van der Waals surface area (Å²) in [5, 5.41) is 9.59. The van der Waals surface area contributed by atoms with Gasteiger partial charge in [-0.15, -0.1) is 12.6 Å². The maximum Gasteiger partial charge on any atom is 0.167 e. The molecule has 0 spiro atoms. The van der Waals surface area contributed by atoms with Crippen LogP contribution < -0.4 is 0 Å². The molecule has 1 aromatic carbocycles. The molecular formula is C9H10N2OS. The van der Waals surface area contributed by atoms with Crippen LogP contribution in [-0.4, -0.2) is 14.7 Å². The van der Waals surface area contributed by atoms with Crippen molar-refractivity contribution >= 4 is 23.7 Å². The van der Waals surface area contributed by atoms with E-state index in [4.69, 9.17) is 5.11 Å². The van der Waals surface area contributed by atoms with Crippen molar-refractivity contribution < 1.29 is 5.11 Å². The number of hydrogen-bond donors (Lipinski definition) is 2. The van der Waals surface area contributed by atoms with E-state index in [-0.39, 0.29) is 6.73 Å². The molecule has 4 heteroatoms. The normalized spacial score (nSPS) is 11.0. The average Bonchev–Trinajstić information content (AvgIpc) is 2.39. The van der Waals surface area contributed by atoms with Crippen molar-refractivity contribution in [3.05, 3.63) is 23.8 Å². The van der Waals surface area contributed by atoms with Gasteiger partial charge in [-0.2, -0.15) is 0 Å². The smallest absolute Gasteiger partial charge is 0.167 e. The molecule has 0 aliphatic heterocycles. The Labute approximate surface area is 81.4 Å². The lowest BCUT2D eigenvalue weighted by molar-refractivity contribution is 0.205. The Hall–Kier alpha value is -1.00. The molecule has 0 aliphatic carbocycles. The number of imidazole rings is 1. The van der Waals surface area contributed by atoms with Crippen LogP contribution in [0, 0.1) is 6.92 Å². The third-order valence-corrected chi connectivity index (χ3v) is 2.37. The van der Waals surface area contributed by atoms with Gasteiger partial charge in [0.05, 0.1) is 11.0 Å². The van der Waals surface area contributed by atoms with Crippen LogP contribution in [0.4, 0.5) is 0 Å². The van der Waals surface area contributed by atoms with Crippen LogP contribution in [0.15, 0.2) is 23.4 Å².